The van der Waals surface area contributed by atoms with Crippen molar-refractivity contribution in [2.45, 2.75) is 50.6 Å². The number of carbonyl (C=O) groups is 4. The molecule has 0 saturated carbocycles. The van der Waals surface area contributed by atoms with Crippen molar-refractivity contribution >= 4 is 64.5 Å². The van der Waals surface area contributed by atoms with Gasteiger partial charge in [-0.25, -0.2) is 9.18 Å². The summed E-state index contributed by atoms with van der Waals surface area (Å²) in [5.41, 5.74) is 3.82. The molecule has 0 bridgehead atoms. The number of amides is 2. The third-order valence-corrected chi connectivity index (χ3v) is 10.3. The van der Waals surface area contributed by atoms with Gasteiger partial charge in [-0.05, 0) is 86.0 Å². The summed E-state index contributed by atoms with van der Waals surface area (Å²) < 4.78 is 24.3. The van der Waals surface area contributed by atoms with Gasteiger partial charge < -0.3 is 25.3 Å². The number of phenolic OH excluding ortho intramolecular Hbond substituents is 1. The second kappa shape index (κ2) is 17.4. The van der Waals surface area contributed by atoms with Gasteiger partial charge in [-0.15, -0.1) is 0 Å². The van der Waals surface area contributed by atoms with Gasteiger partial charge in [0.2, 0.25) is 5.91 Å². The largest absolute Gasteiger partial charge is 0.506 e. The molecule has 16 heteroatoms. The first-order chi connectivity index (χ1) is 25.6. The van der Waals surface area contributed by atoms with Crippen LogP contribution in [0.4, 0.5) is 10.1 Å². The molecule has 2 atom stereocenters. The minimum Gasteiger partial charge on any atom is -0.506 e. The van der Waals surface area contributed by atoms with E-state index in [1.165, 1.54) is 22.0 Å². The number of fused-ring (bicyclic) bond motifs is 2. The summed E-state index contributed by atoms with van der Waals surface area (Å²) in [6, 6.07) is 12.0. The van der Waals surface area contributed by atoms with E-state index in [1.807, 2.05) is 55.0 Å². The number of halogens is 1. The number of aromatic nitrogens is 4. The number of phenols is 1. The third kappa shape index (κ3) is 8.13. The Morgan fingerprint density at radius 1 is 1.09 bits per heavy atom. The normalized spacial score (nSPS) is 13.8. The van der Waals surface area contributed by atoms with Crippen molar-refractivity contribution in [2.75, 3.05) is 31.5 Å². The second-order valence-corrected chi connectivity index (χ2v) is 13.5. The summed E-state index contributed by atoms with van der Waals surface area (Å²) in [6.07, 6.45) is 7.45. The molecule has 14 nitrogen and oxygen atoms in total. The number of imidazole rings is 1. The predicted octanol–water partition coefficient (Wildman–Crippen LogP) is 3.96. The van der Waals surface area contributed by atoms with E-state index in [0.29, 0.717) is 22.8 Å². The number of likely N-dealkylation sites (N-methyl/N-ethyl adjacent to an activating group) is 1. The summed E-state index contributed by atoms with van der Waals surface area (Å²) in [5, 5.41) is 22.0. The molecular weight excluding hydrogens is 704 g/mol. The lowest BCUT2D eigenvalue weighted by Crippen LogP contribution is -2.36. The molecule has 1 saturated heterocycles. The Hall–Kier alpha value is -5.48. The molecule has 280 valence electrons. The molecule has 1 fully saturated rings. The quantitative estimate of drug-likeness (QED) is 0.0908. The number of benzene rings is 3. The molecule has 0 spiro atoms. The van der Waals surface area contributed by atoms with Crippen molar-refractivity contribution in [2.24, 2.45) is 7.05 Å². The molecule has 2 aromatic heterocycles. The maximum absolute atomic E-state index is 15.5. The number of aromatic hydroxyl groups is 1. The number of hydrogen-bond donors (Lipinski definition) is 4. The van der Waals surface area contributed by atoms with Crippen molar-refractivity contribution in [3.63, 3.8) is 0 Å². The molecule has 3 heterocycles. The van der Waals surface area contributed by atoms with Crippen molar-refractivity contribution in [3.8, 4) is 16.9 Å². The van der Waals surface area contributed by atoms with Crippen LogP contribution < -0.4 is 25.4 Å². The van der Waals surface area contributed by atoms with E-state index in [0.717, 1.165) is 66.4 Å². The van der Waals surface area contributed by atoms with Crippen LogP contribution in [0.2, 0.25) is 0 Å². The van der Waals surface area contributed by atoms with Crippen LogP contribution in [0, 0.1) is 5.82 Å². The fourth-order valence-corrected chi connectivity index (χ4v) is 7.54. The molecule has 1 aliphatic rings. The van der Waals surface area contributed by atoms with Gasteiger partial charge >= 0.3 is 5.69 Å². The van der Waals surface area contributed by atoms with Crippen LogP contribution in [0.15, 0.2) is 59.7 Å². The molecule has 0 radical (unpaired) electrons. The van der Waals surface area contributed by atoms with Crippen molar-refractivity contribution in [3.05, 3.63) is 76.7 Å². The summed E-state index contributed by atoms with van der Waals surface area (Å²) in [4.78, 5) is 56.8. The Labute approximate surface area is 309 Å². The Bertz CT molecular complexity index is 2180. The molecule has 53 heavy (non-hydrogen) atoms. The van der Waals surface area contributed by atoms with Gasteiger partial charge in [-0.2, -0.15) is 5.10 Å². The zero-order chi connectivity index (χ0) is 38.2. The second-order valence-electron chi connectivity index (χ2n) is 12.7. The van der Waals surface area contributed by atoms with E-state index < -0.39 is 11.9 Å². The number of hydrogen-bond acceptors (Lipinski definition) is 10. The average Bonchev–Trinajstić information content (AvgIpc) is 3.88. The van der Waals surface area contributed by atoms with E-state index in [4.69, 9.17) is 4.79 Å². The molecule has 2 unspecified atom stereocenters. The Kier molecular flexibility index (Phi) is 12.7. The highest BCUT2D eigenvalue weighted by atomic mass is 32.2. The number of carbonyl (C=O) groups excluding carboxylic acids is 4. The number of rotatable bonds is 15. The summed E-state index contributed by atoms with van der Waals surface area (Å²) >= 11 is 0.946. The Morgan fingerprint density at radius 3 is 2.58 bits per heavy atom. The summed E-state index contributed by atoms with van der Waals surface area (Å²) in [7, 11) is 5.14. The van der Waals surface area contributed by atoms with Crippen LogP contribution in [0.25, 0.3) is 32.9 Å². The maximum Gasteiger partial charge on any atom is 0.329 e. The van der Waals surface area contributed by atoms with E-state index >= 15 is 4.39 Å². The van der Waals surface area contributed by atoms with E-state index in [1.54, 1.807) is 23.9 Å². The number of nitrogens with one attached hydrogen (secondary N) is 3. The van der Waals surface area contributed by atoms with Gasteiger partial charge in [0.1, 0.15) is 37.1 Å². The highest BCUT2D eigenvalue weighted by Gasteiger charge is 2.28. The SMILES string of the molecule is C=O.CNCCC(CCCn1cc(-c2ccc3c(F)c(N4CC(=O)NS4)c(O)cc3c2)cn1)c1ccc2c(c1)n(C)c(=O)n2C(CCC=O)C(=O)NC. The molecule has 1 aliphatic heterocycles. The van der Waals surface area contributed by atoms with E-state index in [-0.39, 0.29) is 54.2 Å². The van der Waals surface area contributed by atoms with Crippen molar-refractivity contribution in [1.82, 2.24) is 34.3 Å². The lowest BCUT2D eigenvalue weighted by molar-refractivity contribution is -0.124. The van der Waals surface area contributed by atoms with Crippen LogP contribution >= 0.6 is 12.1 Å². The van der Waals surface area contributed by atoms with Gasteiger partial charge in [0.25, 0.3) is 5.91 Å². The number of nitrogens with zero attached hydrogens (tertiary/aromatic N) is 5. The predicted molar refractivity (Wildman–Crippen MR) is 203 cm³/mol. The third-order valence-electron chi connectivity index (χ3n) is 9.49. The van der Waals surface area contributed by atoms with Crippen LogP contribution in [0.5, 0.6) is 5.75 Å². The summed E-state index contributed by atoms with van der Waals surface area (Å²) in [6.45, 7) is 3.43. The minimum absolute atomic E-state index is 0.0254. The Balaban J connectivity index is 0.00000266. The molecule has 4 N–H and O–H groups in total. The van der Waals surface area contributed by atoms with Crippen molar-refractivity contribution in [1.29, 1.82) is 0 Å². The van der Waals surface area contributed by atoms with Gasteiger partial charge in [-0.3, -0.25) is 32.4 Å². The molecule has 5 aromatic rings. The molecule has 3 aromatic carbocycles. The standard InChI is InChI=1S/C36H41FN8O5S.CH2O/c1-38-13-12-22(24-9-11-28-30(17-24)42(3)36(50)45(28)29(7-5-15-46)35(49)39-2)6-4-14-43-20-26(19-40-43)23-8-10-27-25(16-23)18-31(47)34(33(27)37)44-21-32(48)41-51-44;1-2/h8-11,15-20,22,29,38,47H,4-7,12-14,21H2,1-3H3,(H,39,49)(H,41,48);1H2. The van der Waals surface area contributed by atoms with E-state index in [2.05, 4.69) is 20.5 Å². The first kappa shape index (κ1) is 38.7. The molecular formula is C37H43FN8O6S. The fourth-order valence-electron chi connectivity index (χ4n) is 6.82. The van der Waals surface area contributed by atoms with Crippen LogP contribution in [-0.2, 0) is 32.8 Å². The van der Waals surface area contributed by atoms with E-state index in [9.17, 15) is 24.3 Å². The molecule has 0 aliphatic carbocycles. The number of aldehydes is 1. The van der Waals surface area contributed by atoms with Gasteiger partial charge in [0, 0.05) is 44.2 Å². The fraction of sp³-hybridized carbons (Fsp3) is 0.351. The lowest BCUT2D eigenvalue weighted by Gasteiger charge is -2.19. The highest BCUT2D eigenvalue weighted by Crippen LogP contribution is 2.40. The average molecular weight is 747 g/mol. The van der Waals surface area contributed by atoms with Gasteiger partial charge in [0.15, 0.2) is 5.82 Å². The van der Waals surface area contributed by atoms with Gasteiger partial charge in [0.05, 0.1) is 29.4 Å². The molecule has 6 rings (SSSR count). The summed E-state index contributed by atoms with van der Waals surface area (Å²) in [5.74, 6) is -1.22. The van der Waals surface area contributed by atoms with Crippen molar-refractivity contribution < 1.29 is 28.7 Å². The first-order valence-corrected chi connectivity index (χ1v) is 17.9. The smallest absolute Gasteiger partial charge is 0.329 e. The topological polar surface area (TPSA) is 173 Å². The zero-order valence-electron chi connectivity index (χ0n) is 29.8. The lowest BCUT2D eigenvalue weighted by atomic mass is 9.90. The van der Waals surface area contributed by atoms with Crippen LogP contribution in [0.3, 0.4) is 0 Å². The number of aryl methyl sites for hydroxylation is 2. The Morgan fingerprint density at radius 2 is 1.89 bits per heavy atom. The first-order valence-electron chi connectivity index (χ1n) is 17.2. The number of anilines is 1. The highest BCUT2D eigenvalue weighted by molar-refractivity contribution is 7.99. The van der Waals surface area contributed by atoms with Crippen LogP contribution in [0.1, 0.15) is 49.6 Å². The van der Waals surface area contributed by atoms with Crippen LogP contribution in [-0.4, -0.2) is 76.1 Å². The molecule has 2 amide bonds. The maximum atomic E-state index is 15.5. The van der Waals surface area contributed by atoms with Gasteiger partial charge in [-0.1, -0.05) is 18.2 Å². The zero-order valence-corrected chi connectivity index (χ0v) is 30.6. The monoisotopic (exact) mass is 746 g/mol. The minimum atomic E-state index is -0.790.